The van der Waals surface area contributed by atoms with E-state index in [2.05, 4.69) is 12.2 Å². The lowest BCUT2D eigenvalue weighted by Gasteiger charge is -2.24. The number of fused-ring (bicyclic) bond motifs is 2. The summed E-state index contributed by atoms with van der Waals surface area (Å²) in [6.07, 6.45) is 5.47. The lowest BCUT2D eigenvalue weighted by Crippen LogP contribution is -2.37. The van der Waals surface area contributed by atoms with Gasteiger partial charge in [0.15, 0.2) is 0 Å². The Morgan fingerprint density at radius 3 is 2.67 bits per heavy atom. The van der Waals surface area contributed by atoms with Gasteiger partial charge in [0.05, 0.1) is 5.92 Å². The normalized spacial score (nSPS) is 40.0. The van der Waals surface area contributed by atoms with Crippen LogP contribution in [-0.4, -0.2) is 24.6 Å². The molecule has 1 aliphatic heterocycles. The van der Waals surface area contributed by atoms with Crippen LogP contribution in [0.3, 0.4) is 0 Å². The van der Waals surface area contributed by atoms with Crippen molar-refractivity contribution in [3.63, 3.8) is 0 Å². The van der Waals surface area contributed by atoms with E-state index in [1.807, 2.05) is 13.8 Å². The van der Waals surface area contributed by atoms with Crippen LogP contribution in [0.2, 0.25) is 0 Å². The molecule has 0 aromatic heterocycles. The molecule has 0 spiro atoms. The summed E-state index contributed by atoms with van der Waals surface area (Å²) < 4.78 is 10.4. The highest BCUT2D eigenvalue weighted by Crippen LogP contribution is 2.44. The van der Waals surface area contributed by atoms with E-state index in [9.17, 15) is 9.59 Å². The number of hydrogen-bond acceptors (Lipinski definition) is 4. The Morgan fingerprint density at radius 2 is 2.17 bits per heavy atom. The highest BCUT2D eigenvalue weighted by atomic mass is 16.6. The van der Waals surface area contributed by atoms with Gasteiger partial charge in [0.25, 0.3) is 0 Å². The van der Waals surface area contributed by atoms with Gasteiger partial charge in [-0.1, -0.05) is 26.0 Å². The fraction of sp³-hybridized carbons (Fsp3) is 0.714. The summed E-state index contributed by atoms with van der Waals surface area (Å²) in [5, 5.41) is 0. The van der Waals surface area contributed by atoms with Crippen LogP contribution in [0.15, 0.2) is 12.2 Å². The van der Waals surface area contributed by atoms with Crippen molar-refractivity contribution in [2.45, 2.75) is 32.8 Å². The van der Waals surface area contributed by atoms with Crippen molar-refractivity contribution in [3.05, 3.63) is 12.2 Å². The number of allylic oxidation sites excluding steroid dienone is 2. The fourth-order valence-electron chi connectivity index (χ4n) is 3.19. The maximum atomic E-state index is 12.2. The Morgan fingerprint density at radius 1 is 1.39 bits per heavy atom. The number of esters is 2. The van der Waals surface area contributed by atoms with E-state index >= 15 is 0 Å². The average Bonchev–Trinajstić information content (AvgIpc) is 2.99. The first kappa shape index (κ1) is 11.8. The predicted molar refractivity (Wildman–Crippen MR) is 63.5 cm³/mol. The standard InChI is InChI=1S/C14H18O4/c1-14(2)7-17-13(16)11(14)18-12(15)10-6-8-3-4-9(10)5-8/h3-4,8-11H,5-7H2,1-2H3/t8-,9+,10-,11+/m1/s1. The van der Waals surface area contributed by atoms with Gasteiger partial charge in [0.1, 0.15) is 6.61 Å². The second-order valence-electron chi connectivity index (χ2n) is 6.30. The topological polar surface area (TPSA) is 52.6 Å². The van der Waals surface area contributed by atoms with Crippen LogP contribution >= 0.6 is 0 Å². The minimum absolute atomic E-state index is 0.0656. The molecule has 4 heteroatoms. The van der Waals surface area contributed by atoms with Crippen LogP contribution < -0.4 is 0 Å². The zero-order valence-corrected chi connectivity index (χ0v) is 10.7. The molecular formula is C14H18O4. The second kappa shape index (κ2) is 3.84. The number of rotatable bonds is 2. The first-order valence-corrected chi connectivity index (χ1v) is 6.53. The minimum atomic E-state index is -0.742. The van der Waals surface area contributed by atoms with Gasteiger partial charge < -0.3 is 9.47 Å². The van der Waals surface area contributed by atoms with E-state index in [1.165, 1.54) is 0 Å². The molecule has 1 saturated heterocycles. The molecule has 1 saturated carbocycles. The van der Waals surface area contributed by atoms with Gasteiger partial charge >= 0.3 is 11.9 Å². The van der Waals surface area contributed by atoms with Crippen molar-refractivity contribution in [3.8, 4) is 0 Å². The molecule has 3 aliphatic rings. The summed E-state index contributed by atoms with van der Waals surface area (Å²) in [4.78, 5) is 23.7. The second-order valence-corrected chi connectivity index (χ2v) is 6.30. The summed E-state index contributed by atoms with van der Waals surface area (Å²) >= 11 is 0. The Kier molecular flexibility index (Phi) is 2.50. The van der Waals surface area contributed by atoms with E-state index in [0.717, 1.165) is 12.8 Å². The lowest BCUT2D eigenvalue weighted by atomic mass is 9.89. The van der Waals surface area contributed by atoms with Crippen LogP contribution in [0, 0.1) is 23.2 Å². The van der Waals surface area contributed by atoms with Crippen LogP contribution in [0.25, 0.3) is 0 Å². The van der Waals surface area contributed by atoms with Crippen molar-refractivity contribution in [1.82, 2.24) is 0 Å². The predicted octanol–water partition coefficient (Wildman–Crippen LogP) is 1.69. The first-order chi connectivity index (χ1) is 8.47. The average molecular weight is 250 g/mol. The summed E-state index contributed by atoms with van der Waals surface area (Å²) in [5.41, 5.74) is -0.416. The van der Waals surface area contributed by atoms with Gasteiger partial charge in [-0.05, 0) is 24.7 Å². The summed E-state index contributed by atoms with van der Waals surface area (Å²) in [6.45, 7) is 4.09. The summed E-state index contributed by atoms with van der Waals surface area (Å²) in [5.74, 6) is 0.124. The van der Waals surface area contributed by atoms with Crippen LogP contribution in [-0.2, 0) is 19.1 Å². The third-order valence-electron chi connectivity index (χ3n) is 4.33. The zero-order valence-electron chi connectivity index (χ0n) is 10.7. The molecule has 98 valence electrons. The molecule has 0 radical (unpaired) electrons. The summed E-state index contributed by atoms with van der Waals surface area (Å²) in [6, 6.07) is 0. The van der Waals surface area contributed by atoms with E-state index in [1.54, 1.807) is 0 Å². The van der Waals surface area contributed by atoms with Gasteiger partial charge in [-0.15, -0.1) is 0 Å². The number of carbonyl (C=O) groups excluding carboxylic acids is 2. The zero-order chi connectivity index (χ0) is 12.9. The van der Waals surface area contributed by atoms with Gasteiger partial charge in [-0.25, -0.2) is 4.79 Å². The molecule has 0 N–H and O–H groups in total. The Labute approximate surface area is 106 Å². The first-order valence-electron chi connectivity index (χ1n) is 6.53. The highest BCUT2D eigenvalue weighted by molar-refractivity contribution is 5.83. The molecule has 0 amide bonds. The maximum absolute atomic E-state index is 12.2. The smallest absolute Gasteiger partial charge is 0.348 e. The lowest BCUT2D eigenvalue weighted by molar-refractivity contribution is -0.167. The monoisotopic (exact) mass is 250 g/mol. The van der Waals surface area contributed by atoms with E-state index in [0.29, 0.717) is 18.4 Å². The quantitative estimate of drug-likeness (QED) is 0.553. The van der Waals surface area contributed by atoms with Crippen molar-refractivity contribution in [2.24, 2.45) is 23.2 Å². The molecule has 2 bridgehead atoms. The van der Waals surface area contributed by atoms with E-state index in [4.69, 9.17) is 9.47 Å². The highest BCUT2D eigenvalue weighted by Gasteiger charge is 2.49. The molecule has 0 aromatic carbocycles. The molecule has 1 heterocycles. The van der Waals surface area contributed by atoms with Gasteiger partial charge in [-0.2, -0.15) is 0 Å². The molecule has 3 rings (SSSR count). The van der Waals surface area contributed by atoms with Crippen LogP contribution in [0.1, 0.15) is 26.7 Å². The van der Waals surface area contributed by atoms with Crippen molar-refractivity contribution in [1.29, 1.82) is 0 Å². The Bertz CT molecular complexity index is 424. The molecule has 4 atom stereocenters. The molecule has 18 heavy (non-hydrogen) atoms. The number of cyclic esters (lactones) is 1. The third kappa shape index (κ3) is 1.74. The van der Waals surface area contributed by atoms with Gasteiger partial charge in [0, 0.05) is 5.41 Å². The molecule has 2 aliphatic carbocycles. The summed E-state index contributed by atoms with van der Waals surface area (Å²) in [7, 11) is 0. The fourth-order valence-corrected chi connectivity index (χ4v) is 3.19. The molecular weight excluding hydrogens is 232 g/mol. The van der Waals surface area contributed by atoms with Crippen molar-refractivity contribution in [2.75, 3.05) is 6.61 Å². The van der Waals surface area contributed by atoms with E-state index in [-0.39, 0.29) is 11.9 Å². The number of ether oxygens (including phenoxy) is 2. The number of carbonyl (C=O) groups is 2. The minimum Gasteiger partial charge on any atom is -0.462 e. The van der Waals surface area contributed by atoms with E-state index < -0.39 is 17.5 Å². The van der Waals surface area contributed by atoms with Crippen molar-refractivity contribution < 1.29 is 19.1 Å². The van der Waals surface area contributed by atoms with Gasteiger partial charge in [0.2, 0.25) is 6.10 Å². The SMILES string of the molecule is CC1(C)COC(=O)[C@@H]1OC(=O)[C@@H]1C[C@@H]2C=C[C@H]1C2. The number of hydrogen-bond donors (Lipinski definition) is 0. The molecule has 4 nitrogen and oxygen atoms in total. The Balaban J connectivity index is 1.68. The van der Waals surface area contributed by atoms with Gasteiger partial charge in [-0.3, -0.25) is 4.79 Å². The Hall–Kier alpha value is -1.32. The van der Waals surface area contributed by atoms with Crippen molar-refractivity contribution >= 4 is 11.9 Å². The maximum Gasteiger partial charge on any atom is 0.348 e. The largest absolute Gasteiger partial charge is 0.462 e. The molecule has 0 unspecified atom stereocenters. The van der Waals surface area contributed by atoms with Crippen LogP contribution in [0.4, 0.5) is 0 Å². The third-order valence-corrected chi connectivity index (χ3v) is 4.33. The molecule has 0 aromatic rings. The van der Waals surface area contributed by atoms with Crippen LogP contribution in [0.5, 0.6) is 0 Å². The molecule has 2 fully saturated rings.